The second kappa shape index (κ2) is 11.1. The Hall–Kier alpha value is -2.94. The van der Waals surface area contributed by atoms with Crippen molar-refractivity contribution in [1.82, 2.24) is 10.2 Å². The lowest BCUT2D eigenvalue weighted by molar-refractivity contribution is -0.140. The fraction of sp³-hybridized carbons (Fsp3) is 0.391. The number of sulfonamides is 1. The fourth-order valence-corrected chi connectivity index (χ4v) is 4.17. The lowest BCUT2D eigenvalue weighted by Gasteiger charge is -2.32. The van der Waals surface area contributed by atoms with Gasteiger partial charge in [0.05, 0.1) is 11.9 Å². The van der Waals surface area contributed by atoms with Crippen LogP contribution in [0.15, 0.2) is 48.5 Å². The molecule has 2 aromatic carbocycles. The molecular formula is C23H30FN3O4S. The molecule has 0 aromatic heterocycles. The summed E-state index contributed by atoms with van der Waals surface area (Å²) in [6.45, 7) is 5.58. The summed E-state index contributed by atoms with van der Waals surface area (Å²) in [7, 11) is -3.84. The third-order valence-corrected chi connectivity index (χ3v) is 6.14. The van der Waals surface area contributed by atoms with Gasteiger partial charge in [-0.25, -0.2) is 12.8 Å². The molecule has 32 heavy (non-hydrogen) atoms. The van der Waals surface area contributed by atoms with Crippen LogP contribution in [-0.4, -0.2) is 50.5 Å². The van der Waals surface area contributed by atoms with Crippen molar-refractivity contribution in [1.29, 1.82) is 0 Å². The van der Waals surface area contributed by atoms with E-state index in [4.69, 9.17) is 0 Å². The van der Waals surface area contributed by atoms with Crippen molar-refractivity contribution >= 4 is 27.5 Å². The monoisotopic (exact) mass is 463 g/mol. The van der Waals surface area contributed by atoms with Crippen LogP contribution < -0.4 is 9.62 Å². The molecule has 0 unspecified atom stereocenters. The number of carbonyl (C=O) groups excluding carboxylic acids is 2. The number of amides is 2. The van der Waals surface area contributed by atoms with Crippen molar-refractivity contribution < 1.29 is 22.4 Å². The second-order valence-electron chi connectivity index (χ2n) is 7.57. The summed E-state index contributed by atoms with van der Waals surface area (Å²) in [5.74, 6) is -1.35. The molecule has 0 bridgehead atoms. The first kappa shape index (κ1) is 25.3. The van der Waals surface area contributed by atoms with Crippen molar-refractivity contribution in [3.63, 3.8) is 0 Å². The van der Waals surface area contributed by atoms with E-state index in [9.17, 15) is 22.4 Å². The number of benzene rings is 2. The minimum Gasteiger partial charge on any atom is -0.355 e. The summed E-state index contributed by atoms with van der Waals surface area (Å²) in [5, 5.41) is 2.74. The number of halogens is 1. The van der Waals surface area contributed by atoms with Crippen LogP contribution in [0.4, 0.5) is 10.1 Å². The molecule has 0 heterocycles. The molecule has 0 saturated heterocycles. The SMILES string of the molecule is CCNC(=O)[C@@H](CC)N(Cc1ccc(C)cc1)C(=O)CN(c1ccc(F)cc1)S(C)(=O)=O. The Balaban J connectivity index is 2.40. The van der Waals surface area contributed by atoms with Crippen LogP contribution in [0.1, 0.15) is 31.4 Å². The van der Waals surface area contributed by atoms with Gasteiger partial charge in [0.15, 0.2) is 0 Å². The standard InChI is InChI=1S/C23H30FN3O4S/c1-5-21(23(29)25-6-2)26(15-18-9-7-17(3)8-10-18)22(28)16-27(32(4,30)31)20-13-11-19(24)12-14-20/h7-14,21H,5-6,15-16H2,1-4H3,(H,25,29)/t21-/m1/s1. The molecule has 9 heteroatoms. The summed E-state index contributed by atoms with van der Waals surface area (Å²) in [4.78, 5) is 27.5. The number of carbonyl (C=O) groups is 2. The van der Waals surface area contributed by atoms with Crippen LogP contribution in [0.3, 0.4) is 0 Å². The Morgan fingerprint density at radius 3 is 2.12 bits per heavy atom. The molecule has 0 radical (unpaired) electrons. The van der Waals surface area contributed by atoms with Gasteiger partial charge in [-0.1, -0.05) is 36.8 Å². The number of likely N-dealkylation sites (N-methyl/N-ethyl adjacent to an activating group) is 1. The van der Waals surface area contributed by atoms with Crippen LogP contribution >= 0.6 is 0 Å². The van der Waals surface area contributed by atoms with Gasteiger partial charge in [0.25, 0.3) is 0 Å². The average Bonchev–Trinajstić information content (AvgIpc) is 2.73. The Morgan fingerprint density at radius 1 is 1.03 bits per heavy atom. The topological polar surface area (TPSA) is 86.8 Å². The van der Waals surface area contributed by atoms with E-state index < -0.39 is 34.3 Å². The molecule has 1 atom stereocenters. The van der Waals surface area contributed by atoms with E-state index in [0.717, 1.165) is 33.8 Å². The first-order valence-electron chi connectivity index (χ1n) is 10.4. The van der Waals surface area contributed by atoms with Gasteiger partial charge in [-0.15, -0.1) is 0 Å². The smallest absolute Gasteiger partial charge is 0.244 e. The maximum Gasteiger partial charge on any atom is 0.244 e. The van der Waals surface area contributed by atoms with Gasteiger partial charge in [0.2, 0.25) is 21.8 Å². The molecule has 0 fully saturated rings. The molecule has 2 amide bonds. The number of nitrogens with zero attached hydrogens (tertiary/aromatic N) is 2. The van der Waals surface area contributed by atoms with Crippen LogP contribution in [0.5, 0.6) is 0 Å². The van der Waals surface area contributed by atoms with Crippen LogP contribution in [0, 0.1) is 12.7 Å². The zero-order valence-corrected chi connectivity index (χ0v) is 19.7. The zero-order valence-electron chi connectivity index (χ0n) is 18.8. The molecule has 0 aliphatic heterocycles. The number of nitrogens with one attached hydrogen (secondary N) is 1. The minimum absolute atomic E-state index is 0.149. The number of anilines is 1. The third kappa shape index (κ3) is 6.78. The highest BCUT2D eigenvalue weighted by atomic mass is 32.2. The third-order valence-electron chi connectivity index (χ3n) is 5.00. The molecule has 0 aliphatic rings. The van der Waals surface area contributed by atoms with E-state index >= 15 is 0 Å². The number of aryl methyl sites for hydroxylation is 1. The number of hydrogen-bond donors (Lipinski definition) is 1. The van der Waals surface area contributed by atoms with E-state index in [2.05, 4.69) is 5.32 Å². The van der Waals surface area contributed by atoms with Gasteiger partial charge < -0.3 is 10.2 Å². The fourth-order valence-electron chi connectivity index (χ4n) is 3.32. The van der Waals surface area contributed by atoms with Gasteiger partial charge in [-0.3, -0.25) is 13.9 Å². The average molecular weight is 464 g/mol. The quantitative estimate of drug-likeness (QED) is 0.587. The van der Waals surface area contributed by atoms with Gasteiger partial charge in [0, 0.05) is 13.1 Å². The molecular weight excluding hydrogens is 433 g/mol. The van der Waals surface area contributed by atoms with E-state index in [0.29, 0.717) is 13.0 Å². The molecule has 0 saturated carbocycles. The Kier molecular flexibility index (Phi) is 8.77. The van der Waals surface area contributed by atoms with E-state index in [1.807, 2.05) is 31.2 Å². The van der Waals surface area contributed by atoms with Crippen molar-refractivity contribution in [2.24, 2.45) is 0 Å². The molecule has 0 aliphatic carbocycles. The maximum atomic E-state index is 13.4. The molecule has 174 valence electrons. The van der Waals surface area contributed by atoms with Gasteiger partial charge in [-0.05, 0) is 50.1 Å². The van der Waals surface area contributed by atoms with Gasteiger partial charge in [-0.2, -0.15) is 0 Å². The summed E-state index contributed by atoms with van der Waals surface area (Å²) < 4.78 is 39.1. The largest absolute Gasteiger partial charge is 0.355 e. The lowest BCUT2D eigenvalue weighted by atomic mass is 10.1. The summed E-state index contributed by atoms with van der Waals surface area (Å²) in [6, 6.07) is 11.7. The van der Waals surface area contributed by atoms with Crippen molar-refractivity contribution in [3.05, 3.63) is 65.5 Å². The van der Waals surface area contributed by atoms with E-state index in [-0.39, 0.29) is 18.1 Å². The van der Waals surface area contributed by atoms with Crippen LogP contribution in [-0.2, 0) is 26.2 Å². The van der Waals surface area contributed by atoms with Crippen molar-refractivity contribution in [2.75, 3.05) is 23.7 Å². The normalized spacial score (nSPS) is 12.2. The number of rotatable bonds is 10. The Morgan fingerprint density at radius 2 is 1.62 bits per heavy atom. The van der Waals surface area contributed by atoms with Crippen LogP contribution in [0.2, 0.25) is 0 Å². The van der Waals surface area contributed by atoms with Crippen LogP contribution in [0.25, 0.3) is 0 Å². The maximum absolute atomic E-state index is 13.4. The lowest BCUT2D eigenvalue weighted by Crippen LogP contribution is -2.52. The second-order valence-corrected chi connectivity index (χ2v) is 9.48. The number of hydrogen-bond acceptors (Lipinski definition) is 4. The Bertz CT molecular complexity index is 1020. The van der Waals surface area contributed by atoms with Crippen molar-refractivity contribution in [2.45, 2.75) is 39.8 Å². The predicted octanol–water partition coefficient (Wildman–Crippen LogP) is 2.84. The highest BCUT2D eigenvalue weighted by Crippen LogP contribution is 2.20. The Labute approximate surface area is 189 Å². The highest BCUT2D eigenvalue weighted by Gasteiger charge is 2.31. The summed E-state index contributed by atoms with van der Waals surface area (Å²) >= 11 is 0. The highest BCUT2D eigenvalue weighted by molar-refractivity contribution is 7.92. The van der Waals surface area contributed by atoms with E-state index in [1.165, 1.54) is 17.0 Å². The molecule has 0 spiro atoms. The van der Waals surface area contributed by atoms with Gasteiger partial charge in [0.1, 0.15) is 18.4 Å². The summed E-state index contributed by atoms with van der Waals surface area (Å²) in [5.41, 5.74) is 2.05. The minimum atomic E-state index is -3.84. The molecule has 2 aromatic rings. The van der Waals surface area contributed by atoms with Gasteiger partial charge >= 0.3 is 0 Å². The molecule has 1 N–H and O–H groups in total. The summed E-state index contributed by atoms with van der Waals surface area (Å²) in [6.07, 6.45) is 1.34. The zero-order chi connectivity index (χ0) is 23.9. The molecule has 7 nitrogen and oxygen atoms in total. The predicted molar refractivity (Wildman–Crippen MR) is 123 cm³/mol. The molecule has 2 rings (SSSR count). The first-order valence-corrected chi connectivity index (χ1v) is 12.3. The first-order chi connectivity index (χ1) is 15.1. The van der Waals surface area contributed by atoms with Crippen molar-refractivity contribution in [3.8, 4) is 0 Å². The van der Waals surface area contributed by atoms with E-state index in [1.54, 1.807) is 13.8 Å².